The van der Waals surface area contributed by atoms with E-state index in [2.05, 4.69) is 62.7 Å². The van der Waals surface area contributed by atoms with Crippen LogP contribution in [0.4, 0.5) is 0 Å². The number of ether oxygens (including phenoxy) is 1. The van der Waals surface area contributed by atoms with E-state index in [0.29, 0.717) is 25.1 Å². The first-order valence-corrected chi connectivity index (χ1v) is 11.4. The summed E-state index contributed by atoms with van der Waals surface area (Å²) in [5.74, 6) is 1.55. The van der Waals surface area contributed by atoms with Gasteiger partial charge in [-0.15, -0.1) is 11.3 Å². The van der Waals surface area contributed by atoms with Crippen molar-refractivity contribution in [2.75, 3.05) is 13.2 Å². The van der Waals surface area contributed by atoms with Gasteiger partial charge >= 0.3 is 0 Å². The lowest BCUT2D eigenvalue weighted by molar-refractivity contribution is 0.0999. The van der Waals surface area contributed by atoms with Crippen LogP contribution >= 0.6 is 11.3 Å². The molecule has 1 aliphatic rings. The fourth-order valence-corrected chi connectivity index (χ4v) is 5.02. The van der Waals surface area contributed by atoms with Gasteiger partial charge in [0, 0.05) is 17.5 Å². The monoisotopic (exact) mass is 401 g/mol. The first kappa shape index (κ1) is 21.4. The van der Waals surface area contributed by atoms with E-state index in [0.717, 1.165) is 5.75 Å². The second-order valence-electron chi connectivity index (χ2n) is 9.16. The lowest BCUT2D eigenvalue weighted by Crippen LogP contribution is -2.36. The summed E-state index contributed by atoms with van der Waals surface area (Å²) in [5.41, 5.74) is 2.43. The topological polar surface area (TPSA) is 41.5 Å². The van der Waals surface area contributed by atoms with Gasteiger partial charge in [-0.05, 0) is 54.2 Å². The maximum absolute atomic E-state index is 10.6. The summed E-state index contributed by atoms with van der Waals surface area (Å²) in [6.45, 7) is 9.54. The molecule has 2 N–H and O–H groups in total. The Labute approximate surface area is 174 Å². The molecule has 3 rings (SSSR count). The summed E-state index contributed by atoms with van der Waals surface area (Å²) >= 11 is 1.81. The molecule has 0 bridgehead atoms. The van der Waals surface area contributed by atoms with Crippen molar-refractivity contribution in [3.8, 4) is 5.75 Å². The lowest BCUT2D eigenvalue weighted by atomic mass is 9.85. The highest BCUT2D eigenvalue weighted by Crippen LogP contribution is 2.37. The molecule has 0 amide bonds. The van der Waals surface area contributed by atoms with Crippen molar-refractivity contribution in [2.24, 2.45) is 5.92 Å². The van der Waals surface area contributed by atoms with Gasteiger partial charge < -0.3 is 15.2 Å². The van der Waals surface area contributed by atoms with Gasteiger partial charge in [-0.3, -0.25) is 0 Å². The molecule has 0 aliphatic heterocycles. The van der Waals surface area contributed by atoms with Crippen LogP contribution in [0, 0.1) is 12.8 Å². The molecule has 1 saturated carbocycles. The van der Waals surface area contributed by atoms with Crippen LogP contribution in [0.1, 0.15) is 68.5 Å². The summed E-state index contributed by atoms with van der Waals surface area (Å²) in [5, 5.41) is 16.3. The fraction of sp³-hybridized carbons (Fsp3) is 0.583. The van der Waals surface area contributed by atoms with Gasteiger partial charge in [-0.25, -0.2) is 0 Å². The van der Waals surface area contributed by atoms with Crippen molar-refractivity contribution in [1.82, 2.24) is 5.32 Å². The third-order valence-corrected chi connectivity index (χ3v) is 6.62. The molecule has 0 saturated heterocycles. The average Bonchev–Trinajstić information content (AvgIpc) is 3.34. The summed E-state index contributed by atoms with van der Waals surface area (Å²) in [4.78, 5) is 1.38. The molecule has 0 spiro atoms. The third kappa shape index (κ3) is 5.59. The number of hydrogen-bond acceptors (Lipinski definition) is 4. The quantitative estimate of drug-likeness (QED) is 0.604. The van der Waals surface area contributed by atoms with Crippen molar-refractivity contribution < 1.29 is 9.84 Å². The van der Waals surface area contributed by atoms with E-state index in [-0.39, 0.29) is 5.41 Å². The van der Waals surface area contributed by atoms with E-state index in [1.807, 2.05) is 17.4 Å². The highest BCUT2D eigenvalue weighted by molar-refractivity contribution is 7.10. The van der Waals surface area contributed by atoms with Gasteiger partial charge in [0.1, 0.15) is 18.5 Å². The lowest BCUT2D eigenvalue weighted by Gasteiger charge is -2.26. The second-order valence-corrected chi connectivity index (χ2v) is 10.1. The van der Waals surface area contributed by atoms with Crippen LogP contribution in [0.25, 0.3) is 0 Å². The van der Waals surface area contributed by atoms with Crippen LogP contribution in [-0.2, 0) is 5.41 Å². The van der Waals surface area contributed by atoms with Crippen molar-refractivity contribution in [1.29, 1.82) is 0 Å². The molecule has 28 heavy (non-hydrogen) atoms. The maximum atomic E-state index is 10.6. The zero-order valence-corrected chi connectivity index (χ0v) is 18.5. The first-order chi connectivity index (χ1) is 13.3. The number of benzene rings is 1. The predicted octanol–water partition coefficient (Wildman–Crippen LogP) is 5.61. The number of aryl methyl sites for hydroxylation is 1. The molecular weight excluding hydrogens is 366 g/mol. The summed E-state index contributed by atoms with van der Waals surface area (Å²) in [6, 6.07) is 11.0. The molecule has 2 atom stereocenters. The predicted molar refractivity (Wildman–Crippen MR) is 118 cm³/mol. The van der Waals surface area contributed by atoms with E-state index in [1.54, 1.807) is 0 Å². The van der Waals surface area contributed by atoms with Crippen LogP contribution in [0.15, 0.2) is 35.7 Å². The minimum Gasteiger partial charge on any atom is -0.491 e. The molecule has 1 aromatic carbocycles. The number of thiophene rings is 1. The molecule has 2 unspecified atom stereocenters. The minimum atomic E-state index is -0.530. The summed E-state index contributed by atoms with van der Waals surface area (Å²) in [6.07, 6.45) is 4.67. The molecule has 1 aromatic heterocycles. The Hall–Kier alpha value is -1.36. The van der Waals surface area contributed by atoms with Crippen molar-refractivity contribution in [3.63, 3.8) is 0 Å². The molecule has 4 heteroatoms. The second kappa shape index (κ2) is 9.43. The third-order valence-electron chi connectivity index (χ3n) is 5.67. The van der Waals surface area contributed by atoms with Gasteiger partial charge in [0.25, 0.3) is 0 Å². The zero-order chi connectivity index (χ0) is 20.1. The highest BCUT2D eigenvalue weighted by Gasteiger charge is 2.27. The van der Waals surface area contributed by atoms with Crippen molar-refractivity contribution in [2.45, 2.75) is 70.9 Å². The molecule has 1 heterocycles. The van der Waals surface area contributed by atoms with Gasteiger partial charge in [-0.1, -0.05) is 57.4 Å². The summed E-state index contributed by atoms with van der Waals surface area (Å²) in [7, 11) is 0. The molecule has 3 nitrogen and oxygen atoms in total. The molecule has 1 aliphatic carbocycles. The molecule has 2 aromatic rings. The van der Waals surface area contributed by atoms with E-state index in [4.69, 9.17) is 4.74 Å². The van der Waals surface area contributed by atoms with Crippen LogP contribution in [0.3, 0.4) is 0 Å². The average molecular weight is 402 g/mol. The van der Waals surface area contributed by atoms with Crippen LogP contribution < -0.4 is 10.1 Å². The summed E-state index contributed by atoms with van der Waals surface area (Å²) < 4.78 is 6.04. The largest absolute Gasteiger partial charge is 0.491 e. The van der Waals surface area contributed by atoms with Crippen LogP contribution in [0.2, 0.25) is 0 Å². The Morgan fingerprint density at radius 2 is 1.96 bits per heavy atom. The zero-order valence-electron chi connectivity index (χ0n) is 17.7. The van der Waals surface area contributed by atoms with Crippen LogP contribution in [0.5, 0.6) is 5.75 Å². The van der Waals surface area contributed by atoms with E-state index in [1.165, 1.54) is 41.7 Å². The van der Waals surface area contributed by atoms with Gasteiger partial charge in [0.2, 0.25) is 0 Å². The van der Waals surface area contributed by atoms with Gasteiger partial charge in [0.15, 0.2) is 0 Å². The number of aliphatic hydroxyl groups excluding tert-OH is 1. The molecule has 0 radical (unpaired) electrons. The van der Waals surface area contributed by atoms with E-state index >= 15 is 0 Å². The molecular formula is C24H35NO2S. The molecule has 1 fully saturated rings. The number of aliphatic hydroxyl groups is 1. The standard InChI is InChI=1S/C24H35NO2S/c1-17-11-12-21(20(14-17)24(2,3)4)27-16-19(26)15-25-23(18-8-5-6-9-18)22-10-7-13-28-22/h7,10-14,18-19,23,25-26H,5-6,8-9,15-16H2,1-4H3. The normalized spacial score (nSPS) is 17.6. The van der Waals surface area contributed by atoms with Gasteiger partial charge in [-0.2, -0.15) is 0 Å². The molecule has 154 valence electrons. The van der Waals surface area contributed by atoms with E-state index < -0.39 is 6.10 Å². The number of rotatable bonds is 8. The Kier molecular flexibility index (Phi) is 7.19. The fourth-order valence-electron chi connectivity index (χ4n) is 4.12. The Bertz CT molecular complexity index is 730. The number of hydrogen-bond donors (Lipinski definition) is 2. The van der Waals surface area contributed by atoms with Crippen LogP contribution in [-0.4, -0.2) is 24.4 Å². The van der Waals surface area contributed by atoms with E-state index in [9.17, 15) is 5.11 Å². The highest BCUT2D eigenvalue weighted by atomic mass is 32.1. The maximum Gasteiger partial charge on any atom is 0.123 e. The Morgan fingerprint density at radius 3 is 2.61 bits per heavy atom. The minimum absolute atomic E-state index is 0.0112. The Balaban J connectivity index is 1.57. The first-order valence-electron chi connectivity index (χ1n) is 10.5. The smallest absolute Gasteiger partial charge is 0.123 e. The Morgan fingerprint density at radius 1 is 1.21 bits per heavy atom. The SMILES string of the molecule is Cc1ccc(OCC(O)CNC(c2cccs2)C2CCCC2)c(C(C)(C)C)c1. The number of nitrogens with one attached hydrogen (secondary N) is 1. The van der Waals surface area contributed by atoms with Crippen molar-refractivity contribution >= 4 is 11.3 Å². The van der Waals surface area contributed by atoms with Crippen molar-refractivity contribution in [3.05, 3.63) is 51.7 Å². The van der Waals surface area contributed by atoms with Gasteiger partial charge in [0.05, 0.1) is 0 Å².